The Balaban J connectivity index is 1.58. The molecule has 2 saturated carbocycles. The highest BCUT2D eigenvalue weighted by Crippen LogP contribution is 2.46. The van der Waals surface area contributed by atoms with Gasteiger partial charge in [-0.3, -0.25) is 4.90 Å². The summed E-state index contributed by atoms with van der Waals surface area (Å²) >= 11 is 0. The Morgan fingerprint density at radius 2 is 1.65 bits per heavy atom. The maximum absolute atomic E-state index is 9.18. The summed E-state index contributed by atoms with van der Waals surface area (Å²) < 4.78 is 0. The van der Waals surface area contributed by atoms with E-state index in [1.54, 1.807) is 0 Å². The molecule has 94 valence electrons. The van der Waals surface area contributed by atoms with Crippen LogP contribution in [0.4, 0.5) is 0 Å². The fourth-order valence-electron chi connectivity index (χ4n) is 4.37. The summed E-state index contributed by atoms with van der Waals surface area (Å²) in [5.74, 6) is 0.332. The van der Waals surface area contributed by atoms with Crippen LogP contribution in [0.25, 0.3) is 0 Å². The standard InChI is InChI=1S/C15H24N2/c16-10-13-6-5-7-14(13)17-11-15(12-17)8-3-1-2-4-9-15/h13-14H,1-9,11-12H2. The first-order valence-electron chi connectivity index (χ1n) is 7.47. The Kier molecular flexibility index (Phi) is 3.13. The lowest BCUT2D eigenvalue weighted by Gasteiger charge is -2.53. The van der Waals surface area contributed by atoms with E-state index in [0.717, 1.165) is 6.42 Å². The normalized spacial score (nSPS) is 37.4. The number of hydrogen-bond donors (Lipinski definition) is 0. The number of nitriles is 1. The van der Waals surface area contributed by atoms with E-state index in [9.17, 15) is 5.26 Å². The Bertz CT molecular complexity index is 301. The summed E-state index contributed by atoms with van der Waals surface area (Å²) in [6.45, 7) is 2.60. The summed E-state index contributed by atoms with van der Waals surface area (Å²) in [5.41, 5.74) is 0.666. The van der Waals surface area contributed by atoms with Crippen LogP contribution in [0.3, 0.4) is 0 Å². The highest BCUT2D eigenvalue weighted by molar-refractivity contribution is 5.04. The minimum atomic E-state index is 0.332. The van der Waals surface area contributed by atoms with Gasteiger partial charge in [-0.15, -0.1) is 0 Å². The van der Waals surface area contributed by atoms with Gasteiger partial charge in [-0.05, 0) is 31.1 Å². The monoisotopic (exact) mass is 232 g/mol. The molecule has 0 radical (unpaired) electrons. The van der Waals surface area contributed by atoms with Crippen molar-refractivity contribution < 1.29 is 0 Å². The molecule has 17 heavy (non-hydrogen) atoms. The molecule has 0 aromatic rings. The first kappa shape index (κ1) is 11.5. The quantitative estimate of drug-likeness (QED) is 0.693. The third-order valence-electron chi connectivity index (χ3n) is 5.36. The van der Waals surface area contributed by atoms with Crippen molar-refractivity contribution in [3.05, 3.63) is 0 Å². The van der Waals surface area contributed by atoms with E-state index in [0.29, 0.717) is 17.4 Å². The third kappa shape index (κ3) is 2.10. The van der Waals surface area contributed by atoms with Gasteiger partial charge in [-0.2, -0.15) is 5.26 Å². The fraction of sp³-hybridized carbons (Fsp3) is 0.933. The lowest BCUT2D eigenvalue weighted by Crippen LogP contribution is -2.60. The lowest BCUT2D eigenvalue weighted by molar-refractivity contribution is -0.0462. The van der Waals surface area contributed by atoms with Crippen LogP contribution in [0, 0.1) is 22.7 Å². The number of hydrogen-bond acceptors (Lipinski definition) is 2. The molecule has 1 aliphatic heterocycles. The molecule has 1 spiro atoms. The molecule has 2 atom stereocenters. The molecule has 1 heterocycles. The second kappa shape index (κ2) is 4.61. The lowest BCUT2D eigenvalue weighted by atomic mass is 9.72. The van der Waals surface area contributed by atoms with Crippen LogP contribution in [0.2, 0.25) is 0 Å². The van der Waals surface area contributed by atoms with Gasteiger partial charge in [-0.1, -0.05) is 32.1 Å². The maximum atomic E-state index is 9.18. The van der Waals surface area contributed by atoms with Crippen molar-refractivity contribution in [1.29, 1.82) is 5.26 Å². The second-order valence-corrected chi connectivity index (χ2v) is 6.55. The van der Waals surface area contributed by atoms with Crippen LogP contribution in [0.1, 0.15) is 57.8 Å². The van der Waals surface area contributed by atoms with Gasteiger partial charge in [-0.25, -0.2) is 0 Å². The maximum Gasteiger partial charge on any atom is 0.0672 e. The molecule has 3 fully saturated rings. The molecule has 0 amide bonds. The molecule has 0 N–H and O–H groups in total. The predicted molar refractivity (Wildman–Crippen MR) is 68.5 cm³/mol. The zero-order valence-electron chi connectivity index (χ0n) is 10.8. The van der Waals surface area contributed by atoms with Crippen LogP contribution < -0.4 is 0 Å². The van der Waals surface area contributed by atoms with E-state index in [2.05, 4.69) is 11.0 Å². The van der Waals surface area contributed by atoms with Gasteiger partial charge < -0.3 is 0 Å². The Labute approximate surface area is 105 Å². The van der Waals surface area contributed by atoms with Crippen molar-refractivity contribution in [2.75, 3.05) is 13.1 Å². The Morgan fingerprint density at radius 3 is 2.29 bits per heavy atom. The average molecular weight is 232 g/mol. The molecule has 3 rings (SSSR count). The van der Waals surface area contributed by atoms with E-state index < -0.39 is 0 Å². The smallest absolute Gasteiger partial charge is 0.0672 e. The summed E-state index contributed by atoms with van der Waals surface area (Å²) in [6.07, 6.45) is 12.4. The van der Waals surface area contributed by atoms with Gasteiger partial charge >= 0.3 is 0 Å². The molecule has 1 saturated heterocycles. The minimum Gasteiger partial charge on any atom is -0.298 e. The molecule has 2 nitrogen and oxygen atoms in total. The molecule has 2 heteroatoms. The van der Waals surface area contributed by atoms with Crippen molar-refractivity contribution in [3.8, 4) is 6.07 Å². The van der Waals surface area contributed by atoms with Gasteiger partial charge in [0.05, 0.1) is 12.0 Å². The van der Waals surface area contributed by atoms with Gasteiger partial charge in [0.25, 0.3) is 0 Å². The zero-order chi connectivity index (χ0) is 11.7. The summed E-state index contributed by atoms with van der Waals surface area (Å²) in [5, 5.41) is 9.18. The van der Waals surface area contributed by atoms with E-state index in [4.69, 9.17) is 0 Å². The number of likely N-dealkylation sites (tertiary alicyclic amines) is 1. The van der Waals surface area contributed by atoms with Gasteiger partial charge in [0.2, 0.25) is 0 Å². The van der Waals surface area contributed by atoms with E-state index >= 15 is 0 Å². The summed E-state index contributed by atoms with van der Waals surface area (Å²) in [6, 6.07) is 3.13. The van der Waals surface area contributed by atoms with Crippen LogP contribution in [0.15, 0.2) is 0 Å². The van der Waals surface area contributed by atoms with Gasteiger partial charge in [0.1, 0.15) is 0 Å². The Hall–Kier alpha value is -0.550. The van der Waals surface area contributed by atoms with Gasteiger partial charge in [0.15, 0.2) is 0 Å². The van der Waals surface area contributed by atoms with Crippen molar-refractivity contribution in [2.24, 2.45) is 11.3 Å². The van der Waals surface area contributed by atoms with E-state index in [1.807, 2.05) is 0 Å². The molecule has 2 aliphatic carbocycles. The second-order valence-electron chi connectivity index (χ2n) is 6.55. The molecule has 0 aromatic carbocycles. The first-order chi connectivity index (χ1) is 8.33. The first-order valence-corrected chi connectivity index (χ1v) is 7.47. The van der Waals surface area contributed by atoms with E-state index in [-0.39, 0.29) is 0 Å². The Morgan fingerprint density at radius 1 is 0.941 bits per heavy atom. The molecule has 3 aliphatic rings. The summed E-state index contributed by atoms with van der Waals surface area (Å²) in [7, 11) is 0. The molecular weight excluding hydrogens is 208 g/mol. The highest BCUT2D eigenvalue weighted by atomic mass is 15.2. The van der Waals surface area contributed by atoms with Crippen molar-refractivity contribution in [1.82, 2.24) is 4.90 Å². The summed E-state index contributed by atoms with van der Waals surface area (Å²) in [4.78, 5) is 2.63. The van der Waals surface area contributed by atoms with Crippen molar-refractivity contribution in [3.63, 3.8) is 0 Å². The molecule has 0 aromatic heterocycles. The fourth-order valence-corrected chi connectivity index (χ4v) is 4.37. The average Bonchev–Trinajstić information content (AvgIpc) is 2.62. The van der Waals surface area contributed by atoms with Crippen LogP contribution in [-0.4, -0.2) is 24.0 Å². The van der Waals surface area contributed by atoms with Crippen LogP contribution in [-0.2, 0) is 0 Å². The number of nitrogens with zero attached hydrogens (tertiary/aromatic N) is 2. The van der Waals surface area contributed by atoms with Crippen molar-refractivity contribution in [2.45, 2.75) is 63.8 Å². The SMILES string of the molecule is N#CC1CCCC1N1CC2(CCCCCC2)C1. The topological polar surface area (TPSA) is 27.0 Å². The third-order valence-corrected chi connectivity index (χ3v) is 5.36. The molecule has 0 bridgehead atoms. The predicted octanol–water partition coefficient (Wildman–Crippen LogP) is 3.33. The van der Waals surface area contributed by atoms with Crippen LogP contribution in [0.5, 0.6) is 0 Å². The molecular formula is C15H24N2. The van der Waals surface area contributed by atoms with Crippen LogP contribution >= 0.6 is 0 Å². The minimum absolute atomic E-state index is 0.332. The molecule has 2 unspecified atom stereocenters. The van der Waals surface area contributed by atoms with Gasteiger partial charge in [0, 0.05) is 19.1 Å². The highest BCUT2D eigenvalue weighted by Gasteiger charge is 2.47. The van der Waals surface area contributed by atoms with Crippen molar-refractivity contribution >= 4 is 0 Å². The number of rotatable bonds is 1. The largest absolute Gasteiger partial charge is 0.298 e. The van der Waals surface area contributed by atoms with E-state index in [1.165, 1.54) is 64.5 Å². The zero-order valence-corrected chi connectivity index (χ0v) is 10.8.